The number of allylic oxidation sites excluding steroid dienone is 1. The lowest BCUT2D eigenvalue weighted by Gasteiger charge is -2.24. The van der Waals surface area contributed by atoms with Gasteiger partial charge in [-0.1, -0.05) is 36.4 Å². The topological polar surface area (TPSA) is 55.8 Å². The first-order chi connectivity index (χ1) is 10.7. The monoisotopic (exact) mass is 301 g/mol. The van der Waals surface area contributed by atoms with Crippen molar-refractivity contribution in [3.05, 3.63) is 48.6 Å². The summed E-state index contributed by atoms with van der Waals surface area (Å²) >= 11 is 0. The molecule has 0 aliphatic carbocycles. The molecule has 0 N–H and O–H groups in total. The molecule has 22 heavy (non-hydrogen) atoms. The highest BCUT2D eigenvalue weighted by molar-refractivity contribution is 5.77. The quantitative estimate of drug-likeness (QED) is 0.614. The van der Waals surface area contributed by atoms with Crippen molar-refractivity contribution in [2.45, 2.75) is 31.4 Å². The number of benzene rings is 1. The van der Waals surface area contributed by atoms with Gasteiger partial charge in [-0.25, -0.2) is 4.79 Å². The van der Waals surface area contributed by atoms with Gasteiger partial charge in [-0.3, -0.25) is 4.79 Å². The highest BCUT2D eigenvalue weighted by Gasteiger charge is 2.52. The lowest BCUT2D eigenvalue weighted by Crippen LogP contribution is -2.39. The number of esters is 1. The molecule has 2 aliphatic rings. The Morgan fingerprint density at radius 3 is 2.91 bits per heavy atom. The lowest BCUT2D eigenvalue weighted by molar-refractivity contribution is -0.197. The standard InChI is InChI=1S/C17H19NO4/c1-2-6-13-16-14(21-17(13)20)9-10-18(16)22-15(19)11-12-7-4-3-5-8-12/h2-5,7-8,13-14,16H,1,6,9-11H2/t13-,14?,16-/m1/s1. The van der Waals surface area contributed by atoms with Crippen LogP contribution in [0.3, 0.4) is 0 Å². The molecule has 0 amide bonds. The van der Waals surface area contributed by atoms with Crippen LogP contribution < -0.4 is 0 Å². The molecule has 0 aromatic heterocycles. The van der Waals surface area contributed by atoms with Crippen molar-refractivity contribution in [2.24, 2.45) is 5.92 Å². The minimum absolute atomic E-state index is 0.179. The van der Waals surface area contributed by atoms with E-state index < -0.39 is 0 Å². The van der Waals surface area contributed by atoms with Gasteiger partial charge in [-0.15, -0.1) is 11.6 Å². The van der Waals surface area contributed by atoms with Gasteiger partial charge >= 0.3 is 11.9 Å². The second-order valence-corrected chi connectivity index (χ2v) is 5.65. The Kier molecular flexibility index (Phi) is 4.24. The number of carbonyl (C=O) groups excluding carboxylic acids is 2. The molecule has 2 saturated heterocycles. The number of rotatable bonds is 5. The van der Waals surface area contributed by atoms with Crippen molar-refractivity contribution in [3.63, 3.8) is 0 Å². The van der Waals surface area contributed by atoms with E-state index in [4.69, 9.17) is 9.57 Å². The molecule has 0 bridgehead atoms. The molecule has 2 heterocycles. The second kappa shape index (κ2) is 6.32. The van der Waals surface area contributed by atoms with Crippen molar-refractivity contribution < 1.29 is 19.2 Å². The first kappa shape index (κ1) is 14.8. The summed E-state index contributed by atoms with van der Waals surface area (Å²) in [5.41, 5.74) is 0.907. The molecule has 5 nitrogen and oxygen atoms in total. The fraction of sp³-hybridized carbons (Fsp3) is 0.412. The van der Waals surface area contributed by atoms with Crippen molar-refractivity contribution in [1.29, 1.82) is 0 Å². The van der Waals surface area contributed by atoms with Gasteiger partial charge < -0.3 is 9.57 Å². The molecule has 3 atom stereocenters. The van der Waals surface area contributed by atoms with Gasteiger partial charge in [0.2, 0.25) is 0 Å². The zero-order valence-electron chi connectivity index (χ0n) is 12.3. The molecule has 1 unspecified atom stereocenters. The number of carbonyl (C=O) groups is 2. The molecular weight excluding hydrogens is 282 g/mol. The third-order valence-corrected chi connectivity index (χ3v) is 4.16. The maximum absolute atomic E-state index is 12.1. The van der Waals surface area contributed by atoms with Crippen molar-refractivity contribution in [2.75, 3.05) is 6.54 Å². The Labute approximate surface area is 129 Å². The summed E-state index contributed by atoms with van der Waals surface area (Å²) in [6.07, 6.45) is 2.98. The summed E-state index contributed by atoms with van der Waals surface area (Å²) in [6.45, 7) is 4.27. The highest BCUT2D eigenvalue weighted by Crippen LogP contribution is 2.36. The molecule has 2 fully saturated rings. The van der Waals surface area contributed by atoms with Crippen LogP contribution in [0.1, 0.15) is 18.4 Å². The number of nitrogens with zero attached hydrogens (tertiary/aromatic N) is 1. The number of hydrogen-bond acceptors (Lipinski definition) is 5. The number of fused-ring (bicyclic) bond motifs is 1. The van der Waals surface area contributed by atoms with Crippen LogP contribution in [0.25, 0.3) is 0 Å². The van der Waals surface area contributed by atoms with E-state index >= 15 is 0 Å². The third kappa shape index (κ3) is 2.90. The van der Waals surface area contributed by atoms with Crippen LogP contribution >= 0.6 is 0 Å². The first-order valence-electron chi connectivity index (χ1n) is 7.52. The number of ether oxygens (including phenoxy) is 1. The second-order valence-electron chi connectivity index (χ2n) is 5.65. The fourth-order valence-electron chi connectivity index (χ4n) is 3.17. The highest BCUT2D eigenvalue weighted by atomic mass is 16.7. The summed E-state index contributed by atoms with van der Waals surface area (Å²) in [7, 11) is 0. The fourth-order valence-corrected chi connectivity index (χ4v) is 3.17. The van der Waals surface area contributed by atoms with Crippen LogP contribution in [-0.2, 0) is 25.6 Å². The largest absolute Gasteiger partial charge is 0.460 e. The number of hydrogen-bond donors (Lipinski definition) is 0. The van der Waals surface area contributed by atoms with Crippen molar-refractivity contribution >= 4 is 11.9 Å². The van der Waals surface area contributed by atoms with E-state index in [0.717, 1.165) is 5.56 Å². The van der Waals surface area contributed by atoms with Crippen LogP contribution in [-0.4, -0.2) is 35.7 Å². The van der Waals surface area contributed by atoms with Crippen molar-refractivity contribution in [3.8, 4) is 0 Å². The van der Waals surface area contributed by atoms with E-state index in [0.29, 0.717) is 19.4 Å². The van der Waals surface area contributed by atoms with Crippen LogP contribution in [0.4, 0.5) is 0 Å². The van der Waals surface area contributed by atoms with Gasteiger partial charge in [0.05, 0.1) is 18.4 Å². The molecule has 0 saturated carbocycles. The zero-order chi connectivity index (χ0) is 15.5. The predicted octanol–water partition coefficient (Wildman–Crippen LogP) is 1.88. The maximum atomic E-state index is 12.1. The first-order valence-corrected chi connectivity index (χ1v) is 7.52. The Morgan fingerprint density at radius 1 is 1.41 bits per heavy atom. The molecule has 0 spiro atoms. The predicted molar refractivity (Wildman–Crippen MR) is 79.5 cm³/mol. The SMILES string of the molecule is C=CC[C@H]1C(=O)OC2CCN(OC(=O)Cc3ccccc3)[C@@H]21. The van der Waals surface area contributed by atoms with Gasteiger partial charge in [0, 0.05) is 13.0 Å². The summed E-state index contributed by atoms with van der Waals surface area (Å²) in [5, 5.41) is 1.62. The van der Waals surface area contributed by atoms with Gasteiger partial charge in [0.15, 0.2) is 0 Å². The van der Waals surface area contributed by atoms with Crippen molar-refractivity contribution in [1.82, 2.24) is 5.06 Å². The van der Waals surface area contributed by atoms with Gasteiger partial charge in [-0.2, -0.15) is 0 Å². The van der Waals surface area contributed by atoms with Crippen LogP contribution in [0.15, 0.2) is 43.0 Å². The third-order valence-electron chi connectivity index (χ3n) is 4.16. The zero-order valence-corrected chi connectivity index (χ0v) is 12.3. The molecule has 5 heteroatoms. The molecular formula is C17H19NO4. The molecule has 3 rings (SSSR count). The van der Waals surface area contributed by atoms with E-state index in [-0.39, 0.29) is 36.4 Å². The van der Waals surface area contributed by atoms with E-state index in [2.05, 4.69) is 6.58 Å². The molecule has 116 valence electrons. The Balaban J connectivity index is 1.63. The molecule has 0 radical (unpaired) electrons. The van der Waals surface area contributed by atoms with E-state index in [1.165, 1.54) is 0 Å². The van der Waals surface area contributed by atoms with E-state index in [1.54, 1.807) is 11.1 Å². The van der Waals surface area contributed by atoms with E-state index in [1.807, 2.05) is 30.3 Å². The average Bonchev–Trinajstić information content (AvgIpc) is 3.01. The number of hydroxylamine groups is 2. The lowest BCUT2D eigenvalue weighted by atomic mass is 9.96. The summed E-state index contributed by atoms with van der Waals surface area (Å²) < 4.78 is 5.36. The molecule has 1 aromatic carbocycles. The van der Waals surface area contributed by atoms with Crippen LogP contribution in [0.5, 0.6) is 0 Å². The summed E-state index contributed by atoms with van der Waals surface area (Å²) in [6, 6.07) is 9.26. The van der Waals surface area contributed by atoms with Crippen LogP contribution in [0, 0.1) is 5.92 Å². The molecule has 2 aliphatic heterocycles. The van der Waals surface area contributed by atoms with Gasteiger partial charge in [0.1, 0.15) is 6.10 Å². The summed E-state index contributed by atoms with van der Waals surface area (Å²) in [5.74, 6) is -0.836. The van der Waals surface area contributed by atoms with Crippen LogP contribution in [0.2, 0.25) is 0 Å². The summed E-state index contributed by atoms with van der Waals surface area (Å²) in [4.78, 5) is 29.4. The minimum Gasteiger partial charge on any atom is -0.460 e. The average molecular weight is 301 g/mol. The normalized spacial score (nSPS) is 27.3. The smallest absolute Gasteiger partial charge is 0.329 e. The maximum Gasteiger partial charge on any atom is 0.329 e. The van der Waals surface area contributed by atoms with E-state index in [9.17, 15) is 9.59 Å². The minimum atomic E-state index is -0.316. The Bertz CT molecular complexity index is 571. The Hall–Kier alpha value is -2.14. The van der Waals surface area contributed by atoms with Gasteiger partial charge in [-0.05, 0) is 12.0 Å². The Morgan fingerprint density at radius 2 is 2.18 bits per heavy atom. The molecule has 1 aromatic rings. The van der Waals surface area contributed by atoms with Gasteiger partial charge in [0.25, 0.3) is 0 Å².